The van der Waals surface area contributed by atoms with Crippen molar-refractivity contribution >= 4 is 0 Å². The number of benzene rings is 1. The third kappa shape index (κ3) is 3.86. The van der Waals surface area contributed by atoms with Crippen molar-refractivity contribution in [1.82, 2.24) is 10.3 Å². The van der Waals surface area contributed by atoms with E-state index in [4.69, 9.17) is 4.74 Å². The van der Waals surface area contributed by atoms with Gasteiger partial charge in [0, 0.05) is 12.7 Å². The summed E-state index contributed by atoms with van der Waals surface area (Å²) in [5, 5.41) is 3.27. The van der Waals surface area contributed by atoms with E-state index in [9.17, 15) is 0 Å². The molecule has 0 aliphatic carbocycles. The van der Waals surface area contributed by atoms with Crippen molar-refractivity contribution in [3.8, 4) is 5.75 Å². The third-order valence-electron chi connectivity index (χ3n) is 2.60. The van der Waals surface area contributed by atoms with Gasteiger partial charge in [-0.05, 0) is 30.3 Å². The van der Waals surface area contributed by atoms with E-state index in [1.165, 1.54) is 5.56 Å². The zero-order chi connectivity index (χ0) is 12.6. The number of nitrogens with one attached hydrogen (secondary N) is 1. The molecule has 0 saturated heterocycles. The largest absolute Gasteiger partial charge is 0.487 e. The van der Waals surface area contributed by atoms with E-state index in [1.807, 2.05) is 42.6 Å². The summed E-state index contributed by atoms with van der Waals surface area (Å²) in [5.41, 5.74) is 2.14. The zero-order valence-electron chi connectivity index (χ0n) is 10.6. The maximum atomic E-state index is 5.63. The van der Waals surface area contributed by atoms with Crippen LogP contribution in [0.2, 0.25) is 0 Å². The standard InChI is InChI=1S/C15H18N2O/c1-2-16-10-13-8-9-14(17-11-13)12-18-15-6-4-3-5-7-15/h3-9,11,16H,2,10,12H2,1H3. The van der Waals surface area contributed by atoms with Crippen molar-refractivity contribution in [2.75, 3.05) is 6.54 Å². The molecule has 3 nitrogen and oxygen atoms in total. The average molecular weight is 242 g/mol. The molecule has 2 rings (SSSR count). The SMILES string of the molecule is CCNCc1ccc(COc2ccccc2)nc1. The van der Waals surface area contributed by atoms with Gasteiger partial charge in [-0.25, -0.2) is 0 Å². The molecule has 1 aromatic heterocycles. The molecule has 0 aliphatic heterocycles. The molecule has 2 aromatic rings. The molecule has 0 bridgehead atoms. The van der Waals surface area contributed by atoms with Crippen LogP contribution < -0.4 is 10.1 Å². The lowest BCUT2D eigenvalue weighted by molar-refractivity contribution is 0.301. The van der Waals surface area contributed by atoms with Gasteiger partial charge in [-0.2, -0.15) is 0 Å². The molecule has 3 heteroatoms. The minimum absolute atomic E-state index is 0.505. The van der Waals surface area contributed by atoms with Crippen molar-refractivity contribution in [1.29, 1.82) is 0 Å². The highest BCUT2D eigenvalue weighted by Crippen LogP contribution is 2.10. The molecule has 1 heterocycles. The number of rotatable bonds is 6. The normalized spacial score (nSPS) is 10.3. The molecule has 18 heavy (non-hydrogen) atoms. The molecule has 0 unspecified atom stereocenters. The average Bonchev–Trinajstić information content (AvgIpc) is 2.45. The first kappa shape index (κ1) is 12.6. The maximum Gasteiger partial charge on any atom is 0.130 e. The molecular weight excluding hydrogens is 224 g/mol. The van der Waals surface area contributed by atoms with Gasteiger partial charge < -0.3 is 10.1 Å². The lowest BCUT2D eigenvalue weighted by Gasteiger charge is -2.06. The minimum Gasteiger partial charge on any atom is -0.487 e. The molecule has 0 fully saturated rings. The summed E-state index contributed by atoms with van der Waals surface area (Å²) in [6.45, 7) is 4.43. The van der Waals surface area contributed by atoms with E-state index < -0.39 is 0 Å². The lowest BCUT2D eigenvalue weighted by Crippen LogP contribution is -2.12. The number of hydrogen-bond donors (Lipinski definition) is 1. The van der Waals surface area contributed by atoms with E-state index >= 15 is 0 Å². The predicted molar refractivity (Wildman–Crippen MR) is 72.4 cm³/mol. The van der Waals surface area contributed by atoms with Crippen LogP contribution in [0.3, 0.4) is 0 Å². The fourth-order valence-electron chi connectivity index (χ4n) is 1.59. The molecule has 0 spiro atoms. The van der Waals surface area contributed by atoms with Gasteiger partial charge in [0.15, 0.2) is 0 Å². The van der Waals surface area contributed by atoms with E-state index in [0.29, 0.717) is 6.61 Å². The second-order valence-corrected chi connectivity index (χ2v) is 4.04. The number of hydrogen-bond acceptors (Lipinski definition) is 3. The molecule has 1 aromatic carbocycles. The second-order valence-electron chi connectivity index (χ2n) is 4.04. The van der Waals surface area contributed by atoms with Gasteiger partial charge >= 0.3 is 0 Å². The first-order chi connectivity index (χ1) is 8.88. The first-order valence-corrected chi connectivity index (χ1v) is 6.21. The molecule has 0 saturated carbocycles. The summed E-state index contributed by atoms with van der Waals surface area (Å²) in [7, 11) is 0. The van der Waals surface area contributed by atoms with Crippen molar-refractivity contribution in [2.45, 2.75) is 20.1 Å². The summed E-state index contributed by atoms with van der Waals surface area (Å²) in [6.07, 6.45) is 1.90. The number of para-hydroxylation sites is 1. The van der Waals surface area contributed by atoms with Gasteiger partial charge in [-0.3, -0.25) is 4.98 Å². The Morgan fingerprint density at radius 3 is 2.61 bits per heavy atom. The Hall–Kier alpha value is -1.87. The molecule has 1 N–H and O–H groups in total. The molecule has 94 valence electrons. The van der Waals surface area contributed by atoms with Gasteiger partial charge in [0.2, 0.25) is 0 Å². The minimum atomic E-state index is 0.505. The molecule has 0 atom stereocenters. The van der Waals surface area contributed by atoms with Crippen LogP contribution in [-0.2, 0) is 13.2 Å². The molecule has 0 radical (unpaired) electrons. The number of nitrogens with zero attached hydrogens (tertiary/aromatic N) is 1. The molecule has 0 aliphatic rings. The van der Waals surface area contributed by atoms with Crippen LogP contribution in [0.25, 0.3) is 0 Å². The highest BCUT2D eigenvalue weighted by molar-refractivity contribution is 5.21. The Morgan fingerprint density at radius 1 is 1.11 bits per heavy atom. The summed E-state index contributed by atoms with van der Waals surface area (Å²) in [5.74, 6) is 0.871. The van der Waals surface area contributed by atoms with Crippen molar-refractivity contribution < 1.29 is 4.74 Å². The fourth-order valence-corrected chi connectivity index (χ4v) is 1.59. The molecular formula is C15H18N2O. The van der Waals surface area contributed by atoms with Gasteiger partial charge in [0.1, 0.15) is 12.4 Å². The highest BCUT2D eigenvalue weighted by atomic mass is 16.5. The van der Waals surface area contributed by atoms with Crippen molar-refractivity contribution in [3.05, 3.63) is 59.9 Å². The van der Waals surface area contributed by atoms with E-state index in [1.54, 1.807) is 0 Å². The first-order valence-electron chi connectivity index (χ1n) is 6.21. The topological polar surface area (TPSA) is 34.1 Å². The Balaban J connectivity index is 1.86. The summed E-state index contributed by atoms with van der Waals surface area (Å²) >= 11 is 0. The van der Waals surface area contributed by atoms with E-state index in [2.05, 4.69) is 23.3 Å². The van der Waals surface area contributed by atoms with Crippen LogP contribution >= 0.6 is 0 Å². The summed E-state index contributed by atoms with van der Waals surface area (Å²) in [6, 6.07) is 13.9. The Labute approximate surface area is 108 Å². The monoisotopic (exact) mass is 242 g/mol. The van der Waals surface area contributed by atoms with Crippen LogP contribution in [0.15, 0.2) is 48.7 Å². The lowest BCUT2D eigenvalue weighted by atomic mass is 10.2. The van der Waals surface area contributed by atoms with Crippen LogP contribution in [0.4, 0.5) is 0 Å². The summed E-state index contributed by atoms with van der Waals surface area (Å²) < 4.78 is 5.63. The highest BCUT2D eigenvalue weighted by Gasteiger charge is 1.97. The van der Waals surface area contributed by atoms with Gasteiger partial charge in [-0.1, -0.05) is 31.2 Å². The van der Waals surface area contributed by atoms with Crippen molar-refractivity contribution in [3.63, 3.8) is 0 Å². The van der Waals surface area contributed by atoms with E-state index in [0.717, 1.165) is 24.5 Å². The van der Waals surface area contributed by atoms with Crippen LogP contribution in [-0.4, -0.2) is 11.5 Å². The van der Waals surface area contributed by atoms with Crippen LogP contribution in [0, 0.1) is 0 Å². The quantitative estimate of drug-likeness (QED) is 0.845. The third-order valence-corrected chi connectivity index (χ3v) is 2.60. The number of aromatic nitrogens is 1. The Kier molecular flexibility index (Phi) is 4.73. The summed E-state index contributed by atoms with van der Waals surface area (Å²) in [4.78, 5) is 4.38. The Bertz CT molecular complexity index is 454. The maximum absolute atomic E-state index is 5.63. The number of pyridine rings is 1. The predicted octanol–water partition coefficient (Wildman–Crippen LogP) is 2.77. The second kappa shape index (κ2) is 6.77. The smallest absolute Gasteiger partial charge is 0.130 e. The van der Waals surface area contributed by atoms with Gasteiger partial charge in [-0.15, -0.1) is 0 Å². The Morgan fingerprint density at radius 2 is 1.94 bits per heavy atom. The van der Waals surface area contributed by atoms with E-state index in [-0.39, 0.29) is 0 Å². The fraction of sp³-hybridized carbons (Fsp3) is 0.267. The van der Waals surface area contributed by atoms with Crippen LogP contribution in [0.5, 0.6) is 5.75 Å². The van der Waals surface area contributed by atoms with Gasteiger partial charge in [0.05, 0.1) is 5.69 Å². The zero-order valence-corrected chi connectivity index (χ0v) is 10.6. The number of ether oxygens (including phenoxy) is 1. The van der Waals surface area contributed by atoms with Crippen LogP contribution in [0.1, 0.15) is 18.2 Å². The molecule has 0 amide bonds. The van der Waals surface area contributed by atoms with Gasteiger partial charge in [0.25, 0.3) is 0 Å². The van der Waals surface area contributed by atoms with Crippen molar-refractivity contribution in [2.24, 2.45) is 0 Å².